The maximum absolute atomic E-state index is 12.3. The second-order valence-electron chi connectivity index (χ2n) is 7.05. The van der Waals surface area contributed by atoms with Gasteiger partial charge in [-0.15, -0.1) is 0 Å². The van der Waals surface area contributed by atoms with Crippen molar-refractivity contribution in [3.8, 4) is 11.5 Å². The van der Waals surface area contributed by atoms with Crippen molar-refractivity contribution in [3.63, 3.8) is 0 Å². The fraction of sp³-hybridized carbons (Fsp3) is 0.263. The number of rotatable bonds is 3. The van der Waals surface area contributed by atoms with Gasteiger partial charge in [0.15, 0.2) is 0 Å². The molecule has 1 aromatic heterocycles. The number of imidazole rings is 1. The maximum atomic E-state index is 12.3. The summed E-state index contributed by atoms with van der Waals surface area (Å²) in [5.74, 6) is 1.01. The van der Waals surface area contributed by atoms with E-state index < -0.39 is 16.6 Å². The summed E-state index contributed by atoms with van der Waals surface area (Å²) in [6, 6.07) is 9.49. The number of fused-ring (bicyclic) bond motifs is 1. The lowest BCUT2D eigenvalue weighted by Crippen LogP contribution is -2.26. The van der Waals surface area contributed by atoms with Crippen molar-refractivity contribution in [3.05, 3.63) is 58.4 Å². The largest absolute Gasteiger partial charge is 0.457 e. The van der Waals surface area contributed by atoms with Crippen molar-refractivity contribution in [2.75, 3.05) is 0 Å². The van der Waals surface area contributed by atoms with Crippen LogP contribution in [0.5, 0.6) is 11.5 Å². The summed E-state index contributed by atoms with van der Waals surface area (Å²) >= 11 is 0. The number of carbonyl (C=O) groups is 1. The summed E-state index contributed by atoms with van der Waals surface area (Å²) in [5.41, 5.74) is 1.20. The van der Waals surface area contributed by atoms with Gasteiger partial charge in [-0.05, 0) is 51.5 Å². The van der Waals surface area contributed by atoms with Crippen LogP contribution in [-0.2, 0) is 4.74 Å². The highest BCUT2D eigenvalue weighted by molar-refractivity contribution is 5.87. The molecule has 0 bridgehead atoms. The van der Waals surface area contributed by atoms with Gasteiger partial charge in [0.1, 0.15) is 23.4 Å². The molecule has 0 fully saturated rings. The van der Waals surface area contributed by atoms with Gasteiger partial charge in [-0.3, -0.25) is 10.1 Å². The molecule has 0 unspecified atom stereocenters. The molecular weight excluding hydrogens is 350 g/mol. The molecule has 0 N–H and O–H groups in total. The average Bonchev–Trinajstić information content (AvgIpc) is 2.98. The molecule has 0 amide bonds. The molecule has 1 heterocycles. The van der Waals surface area contributed by atoms with E-state index in [9.17, 15) is 14.9 Å². The first kappa shape index (κ1) is 18.4. The van der Waals surface area contributed by atoms with Crippen molar-refractivity contribution < 1.29 is 19.2 Å². The minimum Gasteiger partial charge on any atom is -0.457 e. The number of ether oxygens (including phenoxy) is 2. The van der Waals surface area contributed by atoms with Crippen LogP contribution in [0.15, 0.2) is 42.7 Å². The SMILES string of the molecule is Cc1cc([N+](=O)[O-])ccc1Oc1ccc2c(c1)ncn2C(=O)OC(C)(C)C. The molecule has 0 spiro atoms. The van der Waals surface area contributed by atoms with Gasteiger partial charge in [-0.1, -0.05) is 0 Å². The normalized spacial score (nSPS) is 11.4. The zero-order chi connectivity index (χ0) is 19.8. The van der Waals surface area contributed by atoms with E-state index in [1.54, 1.807) is 52.0 Å². The second kappa shape index (κ2) is 6.71. The number of hydrogen-bond donors (Lipinski definition) is 0. The van der Waals surface area contributed by atoms with Crippen LogP contribution in [0.4, 0.5) is 10.5 Å². The third-order valence-electron chi connectivity index (χ3n) is 3.71. The standard InChI is InChI=1S/C19H19N3O5/c1-12-9-13(22(24)25)5-8-17(12)26-14-6-7-16-15(10-14)20-11-21(16)18(23)27-19(2,3)4/h5-11H,1-4H3. The molecule has 0 atom stereocenters. The van der Waals surface area contributed by atoms with Gasteiger partial charge in [0, 0.05) is 18.2 Å². The first-order valence-corrected chi connectivity index (χ1v) is 8.27. The monoisotopic (exact) mass is 369 g/mol. The van der Waals surface area contributed by atoms with Crippen molar-refractivity contribution in [2.24, 2.45) is 0 Å². The van der Waals surface area contributed by atoms with E-state index in [-0.39, 0.29) is 5.69 Å². The molecule has 0 aliphatic heterocycles. The quantitative estimate of drug-likeness (QED) is 0.485. The number of benzene rings is 2. The smallest absolute Gasteiger partial charge is 0.420 e. The number of carbonyl (C=O) groups excluding carboxylic acids is 1. The fourth-order valence-corrected chi connectivity index (χ4v) is 2.50. The van der Waals surface area contributed by atoms with Crippen molar-refractivity contribution in [2.45, 2.75) is 33.3 Å². The number of nitro benzene ring substituents is 1. The Morgan fingerprint density at radius 1 is 1.19 bits per heavy atom. The number of aromatic nitrogens is 2. The zero-order valence-corrected chi connectivity index (χ0v) is 15.4. The lowest BCUT2D eigenvalue weighted by molar-refractivity contribution is -0.384. The Balaban J connectivity index is 1.86. The van der Waals surface area contributed by atoms with E-state index in [1.165, 1.54) is 23.0 Å². The first-order chi connectivity index (χ1) is 12.6. The molecule has 0 saturated heterocycles. The van der Waals surface area contributed by atoms with Crippen LogP contribution in [0, 0.1) is 17.0 Å². The molecule has 0 radical (unpaired) electrons. The lowest BCUT2D eigenvalue weighted by atomic mass is 10.2. The van der Waals surface area contributed by atoms with Crippen LogP contribution >= 0.6 is 0 Å². The minimum atomic E-state index is -0.607. The van der Waals surface area contributed by atoms with E-state index in [2.05, 4.69) is 4.98 Å². The van der Waals surface area contributed by atoms with Gasteiger partial charge in [-0.2, -0.15) is 0 Å². The minimum absolute atomic E-state index is 0.00593. The van der Waals surface area contributed by atoms with E-state index in [0.717, 1.165) is 0 Å². The Bertz CT molecular complexity index is 1030. The van der Waals surface area contributed by atoms with Crippen LogP contribution in [0.3, 0.4) is 0 Å². The Morgan fingerprint density at radius 3 is 2.56 bits per heavy atom. The molecule has 0 aliphatic rings. The molecule has 27 heavy (non-hydrogen) atoms. The first-order valence-electron chi connectivity index (χ1n) is 8.27. The van der Waals surface area contributed by atoms with E-state index in [4.69, 9.17) is 9.47 Å². The third kappa shape index (κ3) is 4.05. The van der Waals surface area contributed by atoms with Gasteiger partial charge in [0.25, 0.3) is 5.69 Å². The van der Waals surface area contributed by atoms with Crippen molar-refractivity contribution >= 4 is 22.8 Å². The Hall–Kier alpha value is -3.42. The third-order valence-corrected chi connectivity index (χ3v) is 3.71. The Kier molecular flexibility index (Phi) is 4.57. The molecule has 0 saturated carbocycles. The van der Waals surface area contributed by atoms with Gasteiger partial charge >= 0.3 is 6.09 Å². The van der Waals surface area contributed by atoms with E-state index in [1.807, 2.05) is 0 Å². The molecule has 3 aromatic rings. The Morgan fingerprint density at radius 2 is 1.93 bits per heavy atom. The number of nitrogens with zero attached hydrogens (tertiary/aromatic N) is 3. The highest BCUT2D eigenvalue weighted by Crippen LogP contribution is 2.30. The second-order valence-corrected chi connectivity index (χ2v) is 7.05. The Labute approximate surface area is 155 Å². The van der Waals surface area contributed by atoms with E-state index >= 15 is 0 Å². The summed E-state index contributed by atoms with van der Waals surface area (Å²) in [6.07, 6.45) is 0.893. The van der Waals surface area contributed by atoms with Crippen LogP contribution in [0.25, 0.3) is 11.0 Å². The van der Waals surface area contributed by atoms with Crippen LogP contribution in [0.2, 0.25) is 0 Å². The summed E-state index contributed by atoms with van der Waals surface area (Å²) in [7, 11) is 0. The molecular formula is C19H19N3O5. The number of aryl methyl sites for hydroxylation is 1. The highest BCUT2D eigenvalue weighted by atomic mass is 16.6. The summed E-state index contributed by atoms with van der Waals surface area (Å²) in [4.78, 5) is 26.9. The van der Waals surface area contributed by atoms with Crippen LogP contribution in [0.1, 0.15) is 26.3 Å². The number of hydrogen-bond acceptors (Lipinski definition) is 6. The zero-order valence-electron chi connectivity index (χ0n) is 15.4. The molecule has 2 aromatic carbocycles. The van der Waals surface area contributed by atoms with Crippen molar-refractivity contribution in [1.29, 1.82) is 0 Å². The lowest BCUT2D eigenvalue weighted by Gasteiger charge is -2.19. The fourth-order valence-electron chi connectivity index (χ4n) is 2.50. The predicted octanol–water partition coefficient (Wildman–Crippen LogP) is 4.83. The summed E-state index contributed by atoms with van der Waals surface area (Å²) in [6.45, 7) is 7.12. The van der Waals surface area contributed by atoms with Gasteiger partial charge in [0.2, 0.25) is 0 Å². The van der Waals surface area contributed by atoms with Gasteiger partial charge in [-0.25, -0.2) is 14.3 Å². The van der Waals surface area contributed by atoms with Crippen molar-refractivity contribution in [1.82, 2.24) is 9.55 Å². The highest BCUT2D eigenvalue weighted by Gasteiger charge is 2.19. The number of non-ortho nitro benzene ring substituents is 1. The summed E-state index contributed by atoms with van der Waals surface area (Å²) < 4.78 is 12.5. The average molecular weight is 369 g/mol. The number of nitro groups is 1. The maximum Gasteiger partial charge on any atom is 0.420 e. The summed E-state index contributed by atoms with van der Waals surface area (Å²) in [5, 5.41) is 10.8. The van der Waals surface area contributed by atoms with Gasteiger partial charge in [0.05, 0.1) is 16.0 Å². The molecule has 3 rings (SSSR count). The van der Waals surface area contributed by atoms with Crippen LogP contribution in [-0.4, -0.2) is 26.2 Å². The molecule has 8 heteroatoms. The molecule has 8 nitrogen and oxygen atoms in total. The van der Waals surface area contributed by atoms with Crippen LogP contribution < -0.4 is 4.74 Å². The topological polar surface area (TPSA) is 96.5 Å². The molecule has 0 aliphatic carbocycles. The van der Waals surface area contributed by atoms with E-state index in [0.29, 0.717) is 28.1 Å². The predicted molar refractivity (Wildman–Crippen MR) is 99.3 cm³/mol. The molecule has 140 valence electrons. The van der Waals surface area contributed by atoms with Gasteiger partial charge < -0.3 is 9.47 Å².